The molecule has 1 aromatic carbocycles. The number of hydrogen-bond donors (Lipinski definition) is 2. The second-order valence-electron chi connectivity index (χ2n) is 6.70. The minimum absolute atomic E-state index is 0.0345. The molecular formula is C21H18N4O4S. The van der Waals surface area contributed by atoms with Crippen LogP contribution in [0.15, 0.2) is 56.5 Å². The van der Waals surface area contributed by atoms with Crippen molar-refractivity contribution < 1.29 is 19.1 Å². The van der Waals surface area contributed by atoms with Crippen molar-refractivity contribution in [3.05, 3.63) is 53.3 Å². The zero-order valence-electron chi connectivity index (χ0n) is 16.1. The van der Waals surface area contributed by atoms with Crippen molar-refractivity contribution in [3.8, 4) is 11.3 Å². The lowest BCUT2D eigenvalue weighted by atomic mass is 10.1. The zero-order valence-corrected chi connectivity index (χ0v) is 16.9. The fourth-order valence-electron chi connectivity index (χ4n) is 2.97. The zero-order chi connectivity index (χ0) is 21.3. The largest absolute Gasteiger partial charge is 0.478 e. The number of nitrogens with one attached hydrogen (secondary N) is 1. The maximum Gasteiger partial charge on any atom is 0.335 e. The number of benzene rings is 1. The monoisotopic (exact) mass is 422 g/mol. The lowest BCUT2D eigenvalue weighted by Crippen LogP contribution is -2.35. The Labute approximate surface area is 176 Å². The van der Waals surface area contributed by atoms with Gasteiger partial charge in [0, 0.05) is 5.56 Å². The molecule has 30 heavy (non-hydrogen) atoms. The number of aliphatic imine (C=N–C) groups is 1. The van der Waals surface area contributed by atoms with Gasteiger partial charge in [0.25, 0.3) is 5.91 Å². The smallest absolute Gasteiger partial charge is 0.335 e. The summed E-state index contributed by atoms with van der Waals surface area (Å²) in [5.41, 5.74) is 0.989. The second-order valence-corrected chi connectivity index (χ2v) is 7.74. The van der Waals surface area contributed by atoms with Crippen molar-refractivity contribution in [2.75, 3.05) is 0 Å². The van der Waals surface area contributed by atoms with Crippen LogP contribution in [0.25, 0.3) is 17.4 Å². The van der Waals surface area contributed by atoms with Crippen LogP contribution in [0.3, 0.4) is 0 Å². The van der Waals surface area contributed by atoms with Gasteiger partial charge >= 0.3 is 5.97 Å². The van der Waals surface area contributed by atoms with Crippen LogP contribution in [-0.2, 0) is 4.79 Å². The first-order valence-electron chi connectivity index (χ1n) is 9.39. The first-order chi connectivity index (χ1) is 14.5. The highest BCUT2D eigenvalue weighted by Crippen LogP contribution is 2.31. The van der Waals surface area contributed by atoms with Crippen LogP contribution in [-0.4, -0.2) is 38.0 Å². The van der Waals surface area contributed by atoms with Crippen molar-refractivity contribution in [3.63, 3.8) is 0 Å². The van der Waals surface area contributed by atoms with Gasteiger partial charge in [0.2, 0.25) is 5.17 Å². The number of hydrogen-bond acceptors (Lipinski definition) is 6. The van der Waals surface area contributed by atoms with Gasteiger partial charge in [-0.05, 0) is 54.9 Å². The molecule has 0 radical (unpaired) electrons. The normalized spacial score (nSPS) is 17.2. The molecule has 2 N–H and O–H groups in total. The van der Waals surface area contributed by atoms with E-state index in [1.165, 1.54) is 35.0 Å². The number of aromatic carboxylic acids is 1. The fraction of sp³-hybridized carbons (Fsp3) is 0.190. The fourth-order valence-corrected chi connectivity index (χ4v) is 3.89. The molecule has 0 saturated carbocycles. The summed E-state index contributed by atoms with van der Waals surface area (Å²) in [6.07, 6.45) is 4.29. The molecule has 0 fully saturated rings. The molecule has 0 unspecified atom stereocenters. The number of amides is 1. The maximum atomic E-state index is 12.5. The SMILES string of the molecule is CCCCC1=NN2C(=N)C(=Cc3ccc(-c4ccc(C(=O)O)cc4)o3)C(=O)N=C2S1. The van der Waals surface area contributed by atoms with Crippen LogP contribution in [0.5, 0.6) is 0 Å². The van der Waals surface area contributed by atoms with E-state index < -0.39 is 11.9 Å². The standard InChI is InChI=1S/C21H18N4O4S/c1-2-3-4-17-24-25-18(22)15(19(26)23-21(25)30-17)11-14-9-10-16(29-14)12-5-7-13(8-6-12)20(27)28/h5-11,22H,2-4H2,1H3,(H,27,28). The highest BCUT2D eigenvalue weighted by molar-refractivity contribution is 8.26. The summed E-state index contributed by atoms with van der Waals surface area (Å²) in [4.78, 5) is 27.5. The Morgan fingerprint density at radius 2 is 2.03 bits per heavy atom. The quantitative estimate of drug-likeness (QED) is 0.664. The van der Waals surface area contributed by atoms with Gasteiger partial charge in [-0.2, -0.15) is 15.1 Å². The Bertz CT molecular complexity index is 1130. The number of furan rings is 1. The number of carboxylic acids is 1. The predicted molar refractivity (Wildman–Crippen MR) is 116 cm³/mol. The summed E-state index contributed by atoms with van der Waals surface area (Å²) >= 11 is 1.33. The lowest BCUT2D eigenvalue weighted by molar-refractivity contribution is -0.114. The molecule has 4 rings (SSSR count). The van der Waals surface area contributed by atoms with E-state index in [9.17, 15) is 9.59 Å². The molecule has 3 heterocycles. The van der Waals surface area contributed by atoms with E-state index in [4.69, 9.17) is 14.9 Å². The molecule has 2 aliphatic heterocycles. The molecule has 152 valence electrons. The lowest BCUT2D eigenvalue weighted by Gasteiger charge is -2.19. The van der Waals surface area contributed by atoms with Gasteiger partial charge in [0.15, 0.2) is 5.84 Å². The van der Waals surface area contributed by atoms with Crippen molar-refractivity contribution in [2.24, 2.45) is 10.1 Å². The van der Waals surface area contributed by atoms with Gasteiger partial charge < -0.3 is 9.52 Å². The highest BCUT2D eigenvalue weighted by Gasteiger charge is 2.35. The summed E-state index contributed by atoms with van der Waals surface area (Å²) < 4.78 is 5.77. The Balaban J connectivity index is 1.57. The number of carboxylic acid groups (broad SMARTS) is 1. The number of nitrogens with zero attached hydrogens (tertiary/aromatic N) is 3. The van der Waals surface area contributed by atoms with Crippen LogP contribution < -0.4 is 0 Å². The number of fused-ring (bicyclic) bond motifs is 1. The molecule has 0 atom stereocenters. The number of unbranched alkanes of at least 4 members (excludes halogenated alkanes) is 1. The number of rotatable bonds is 6. The second kappa shape index (κ2) is 8.11. The van der Waals surface area contributed by atoms with E-state index in [2.05, 4.69) is 17.0 Å². The van der Waals surface area contributed by atoms with E-state index in [0.29, 0.717) is 22.3 Å². The van der Waals surface area contributed by atoms with E-state index in [0.717, 1.165) is 24.3 Å². The minimum atomic E-state index is -0.999. The van der Waals surface area contributed by atoms with Crippen molar-refractivity contribution in [1.82, 2.24) is 5.01 Å². The van der Waals surface area contributed by atoms with Gasteiger partial charge in [-0.1, -0.05) is 25.5 Å². The Kier molecular flexibility index (Phi) is 5.37. The molecule has 0 saturated heterocycles. The molecule has 0 spiro atoms. The summed E-state index contributed by atoms with van der Waals surface area (Å²) in [5, 5.41) is 24.4. The Hall–Kier alpha value is -3.46. The molecular weight excluding hydrogens is 404 g/mol. The van der Waals surface area contributed by atoms with E-state index in [-0.39, 0.29) is 17.0 Å². The van der Waals surface area contributed by atoms with Crippen LogP contribution in [0.2, 0.25) is 0 Å². The summed E-state index contributed by atoms with van der Waals surface area (Å²) in [6.45, 7) is 2.09. The third kappa shape index (κ3) is 3.84. The number of carbonyl (C=O) groups excluding carboxylic acids is 1. The number of hydrazone groups is 1. The molecule has 0 bridgehead atoms. The van der Waals surface area contributed by atoms with Crippen LogP contribution in [0.1, 0.15) is 42.3 Å². The van der Waals surface area contributed by atoms with Gasteiger partial charge in [-0.3, -0.25) is 10.2 Å². The number of amidine groups is 2. The molecule has 1 amide bonds. The van der Waals surface area contributed by atoms with Gasteiger partial charge in [-0.25, -0.2) is 4.79 Å². The van der Waals surface area contributed by atoms with Gasteiger partial charge in [-0.15, -0.1) is 0 Å². The van der Waals surface area contributed by atoms with E-state index >= 15 is 0 Å². The molecule has 2 aliphatic rings. The van der Waals surface area contributed by atoms with Crippen LogP contribution >= 0.6 is 11.8 Å². The average Bonchev–Trinajstić information content (AvgIpc) is 3.36. The molecule has 9 heteroatoms. The Morgan fingerprint density at radius 1 is 1.27 bits per heavy atom. The Morgan fingerprint density at radius 3 is 2.73 bits per heavy atom. The third-order valence-electron chi connectivity index (χ3n) is 4.57. The number of thioether (sulfide) groups is 1. The number of carbonyl (C=O) groups is 2. The first kappa shape index (κ1) is 19.8. The predicted octanol–water partition coefficient (Wildman–Crippen LogP) is 4.45. The van der Waals surface area contributed by atoms with Gasteiger partial charge in [0.1, 0.15) is 16.6 Å². The van der Waals surface area contributed by atoms with Crippen LogP contribution in [0, 0.1) is 5.41 Å². The maximum absolute atomic E-state index is 12.5. The first-order valence-corrected chi connectivity index (χ1v) is 10.2. The van der Waals surface area contributed by atoms with Crippen LogP contribution in [0.4, 0.5) is 0 Å². The molecule has 1 aromatic heterocycles. The van der Waals surface area contributed by atoms with E-state index in [1.54, 1.807) is 24.3 Å². The molecule has 2 aromatic rings. The van der Waals surface area contributed by atoms with Crippen molar-refractivity contribution >= 4 is 45.8 Å². The average molecular weight is 422 g/mol. The van der Waals surface area contributed by atoms with Gasteiger partial charge in [0.05, 0.1) is 11.1 Å². The van der Waals surface area contributed by atoms with Crippen molar-refractivity contribution in [1.29, 1.82) is 5.41 Å². The molecule has 0 aliphatic carbocycles. The third-order valence-corrected chi connectivity index (χ3v) is 5.54. The topological polar surface area (TPSA) is 119 Å². The van der Waals surface area contributed by atoms with Crippen molar-refractivity contribution in [2.45, 2.75) is 26.2 Å². The highest BCUT2D eigenvalue weighted by atomic mass is 32.2. The summed E-state index contributed by atoms with van der Waals surface area (Å²) in [5.74, 6) is -0.626. The van der Waals surface area contributed by atoms with E-state index in [1.807, 2.05) is 0 Å². The molecule has 8 nitrogen and oxygen atoms in total. The minimum Gasteiger partial charge on any atom is -0.478 e. The summed E-state index contributed by atoms with van der Waals surface area (Å²) in [7, 11) is 0. The summed E-state index contributed by atoms with van der Waals surface area (Å²) in [6, 6.07) is 9.69.